The fourth-order valence-electron chi connectivity index (χ4n) is 1.41. The van der Waals surface area contributed by atoms with Gasteiger partial charge in [0.15, 0.2) is 0 Å². The summed E-state index contributed by atoms with van der Waals surface area (Å²) >= 11 is 0. The summed E-state index contributed by atoms with van der Waals surface area (Å²) in [5.74, 6) is -0.243. The Morgan fingerprint density at radius 2 is 1.84 bits per heavy atom. The van der Waals surface area contributed by atoms with Gasteiger partial charge in [-0.2, -0.15) is 0 Å². The molecule has 19 heavy (non-hydrogen) atoms. The Morgan fingerprint density at radius 1 is 1.26 bits per heavy atom. The Hall–Kier alpha value is -1.91. The Balaban J connectivity index is 2.44. The molecule has 0 atom stereocenters. The lowest BCUT2D eigenvalue weighted by Crippen LogP contribution is -2.42. The lowest BCUT2D eigenvalue weighted by Gasteiger charge is -2.20. The zero-order valence-corrected chi connectivity index (χ0v) is 11.9. The van der Waals surface area contributed by atoms with E-state index in [4.69, 9.17) is 0 Å². The second kappa shape index (κ2) is 6.31. The molecule has 5 heteroatoms. The van der Waals surface area contributed by atoms with Crippen molar-refractivity contribution in [2.45, 2.75) is 27.3 Å². The highest BCUT2D eigenvalue weighted by molar-refractivity contribution is 5.87. The summed E-state index contributed by atoms with van der Waals surface area (Å²) in [7, 11) is 1.71. The standard InChI is InChI=1S/C14H21N3O2/c1-14(2,3)13(19)16-9-12(18)17(4)10-11-5-7-15-8-6-11/h5-8H,9-10H2,1-4H3,(H,16,19). The maximum absolute atomic E-state index is 11.9. The monoisotopic (exact) mass is 263 g/mol. The summed E-state index contributed by atoms with van der Waals surface area (Å²) in [5.41, 5.74) is 0.525. The summed E-state index contributed by atoms with van der Waals surface area (Å²) in [6.45, 7) is 5.97. The number of rotatable bonds is 4. The molecular formula is C14H21N3O2. The highest BCUT2D eigenvalue weighted by atomic mass is 16.2. The number of aromatic nitrogens is 1. The number of nitrogens with one attached hydrogen (secondary N) is 1. The fraction of sp³-hybridized carbons (Fsp3) is 0.500. The molecular weight excluding hydrogens is 242 g/mol. The van der Waals surface area contributed by atoms with E-state index in [-0.39, 0.29) is 18.4 Å². The van der Waals surface area contributed by atoms with Crippen LogP contribution in [0.1, 0.15) is 26.3 Å². The van der Waals surface area contributed by atoms with Crippen LogP contribution in [0.2, 0.25) is 0 Å². The van der Waals surface area contributed by atoms with Gasteiger partial charge in [-0.1, -0.05) is 20.8 Å². The van der Waals surface area contributed by atoms with Crippen LogP contribution >= 0.6 is 0 Å². The van der Waals surface area contributed by atoms with Gasteiger partial charge in [0.2, 0.25) is 11.8 Å². The molecule has 0 aromatic carbocycles. The van der Waals surface area contributed by atoms with E-state index in [2.05, 4.69) is 10.3 Å². The van der Waals surface area contributed by atoms with Crippen molar-refractivity contribution in [2.24, 2.45) is 5.41 Å². The lowest BCUT2D eigenvalue weighted by atomic mass is 9.96. The smallest absolute Gasteiger partial charge is 0.242 e. The van der Waals surface area contributed by atoms with Crippen LogP contribution in [-0.4, -0.2) is 35.3 Å². The van der Waals surface area contributed by atoms with Gasteiger partial charge in [0.05, 0.1) is 6.54 Å². The molecule has 0 saturated heterocycles. The van der Waals surface area contributed by atoms with Gasteiger partial charge in [-0.05, 0) is 17.7 Å². The maximum Gasteiger partial charge on any atom is 0.242 e. The fourth-order valence-corrected chi connectivity index (χ4v) is 1.41. The third-order valence-electron chi connectivity index (χ3n) is 2.68. The van der Waals surface area contributed by atoms with Gasteiger partial charge in [-0.3, -0.25) is 14.6 Å². The highest BCUT2D eigenvalue weighted by Crippen LogP contribution is 2.12. The first-order valence-electron chi connectivity index (χ1n) is 6.22. The highest BCUT2D eigenvalue weighted by Gasteiger charge is 2.22. The second-order valence-electron chi connectivity index (χ2n) is 5.54. The van der Waals surface area contributed by atoms with Crippen molar-refractivity contribution in [1.29, 1.82) is 0 Å². The molecule has 1 N–H and O–H groups in total. The predicted molar refractivity (Wildman–Crippen MR) is 73.2 cm³/mol. The number of carbonyl (C=O) groups excluding carboxylic acids is 2. The number of amides is 2. The number of hydrogen-bond donors (Lipinski definition) is 1. The van der Waals surface area contributed by atoms with Gasteiger partial charge in [0, 0.05) is 31.4 Å². The van der Waals surface area contributed by atoms with Crippen LogP contribution in [0.25, 0.3) is 0 Å². The first-order valence-corrected chi connectivity index (χ1v) is 6.22. The number of likely N-dealkylation sites (N-methyl/N-ethyl adjacent to an activating group) is 1. The van der Waals surface area contributed by atoms with E-state index in [0.29, 0.717) is 6.54 Å². The molecule has 104 valence electrons. The van der Waals surface area contributed by atoms with Gasteiger partial charge in [0.1, 0.15) is 0 Å². The lowest BCUT2D eigenvalue weighted by molar-refractivity contribution is -0.134. The Bertz CT molecular complexity index is 438. The largest absolute Gasteiger partial charge is 0.347 e. The first-order chi connectivity index (χ1) is 8.80. The van der Waals surface area contributed by atoms with Crippen molar-refractivity contribution in [3.05, 3.63) is 30.1 Å². The van der Waals surface area contributed by atoms with Crippen molar-refractivity contribution in [3.63, 3.8) is 0 Å². The quantitative estimate of drug-likeness (QED) is 0.888. The van der Waals surface area contributed by atoms with E-state index in [1.807, 2.05) is 32.9 Å². The van der Waals surface area contributed by atoms with Crippen molar-refractivity contribution < 1.29 is 9.59 Å². The maximum atomic E-state index is 11.9. The van der Waals surface area contributed by atoms with Gasteiger partial charge >= 0.3 is 0 Å². The molecule has 1 aromatic rings. The van der Waals surface area contributed by atoms with E-state index in [1.54, 1.807) is 24.3 Å². The van der Waals surface area contributed by atoms with Gasteiger partial charge < -0.3 is 10.2 Å². The van der Waals surface area contributed by atoms with Crippen LogP contribution in [0.15, 0.2) is 24.5 Å². The zero-order valence-electron chi connectivity index (χ0n) is 11.9. The average Bonchev–Trinajstić information content (AvgIpc) is 2.35. The molecule has 0 aliphatic rings. The van der Waals surface area contributed by atoms with Crippen molar-refractivity contribution in [2.75, 3.05) is 13.6 Å². The molecule has 0 spiro atoms. The molecule has 1 aromatic heterocycles. The summed E-state index contributed by atoms with van der Waals surface area (Å²) in [5, 5.41) is 2.65. The van der Waals surface area contributed by atoms with Crippen molar-refractivity contribution in [3.8, 4) is 0 Å². The summed E-state index contributed by atoms with van der Waals surface area (Å²) in [6.07, 6.45) is 3.38. The summed E-state index contributed by atoms with van der Waals surface area (Å²) < 4.78 is 0. The van der Waals surface area contributed by atoms with Crippen LogP contribution in [0.3, 0.4) is 0 Å². The summed E-state index contributed by atoms with van der Waals surface area (Å²) in [4.78, 5) is 29.0. The Kier molecular flexibility index (Phi) is 5.03. The molecule has 0 aliphatic carbocycles. The van der Waals surface area contributed by atoms with E-state index in [1.165, 1.54) is 0 Å². The second-order valence-corrected chi connectivity index (χ2v) is 5.54. The zero-order chi connectivity index (χ0) is 14.5. The molecule has 0 unspecified atom stereocenters. The molecule has 1 rings (SSSR count). The third-order valence-corrected chi connectivity index (χ3v) is 2.68. The first kappa shape index (κ1) is 15.1. The Labute approximate surface area is 114 Å². The van der Waals surface area contributed by atoms with Crippen molar-refractivity contribution in [1.82, 2.24) is 15.2 Å². The van der Waals surface area contributed by atoms with Crippen molar-refractivity contribution >= 4 is 11.8 Å². The van der Waals surface area contributed by atoms with Crippen LogP contribution in [-0.2, 0) is 16.1 Å². The van der Waals surface area contributed by atoms with Crippen LogP contribution in [0.4, 0.5) is 0 Å². The normalized spacial score (nSPS) is 10.9. The van der Waals surface area contributed by atoms with E-state index >= 15 is 0 Å². The molecule has 1 heterocycles. The summed E-state index contributed by atoms with van der Waals surface area (Å²) in [6, 6.07) is 3.72. The number of pyridine rings is 1. The minimum Gasteiger partial charge on any atom is -0.347 e. The van der Waals surface area contributed by atoms with Crippen LogP contribution in [0, 0.1) is 5.41 Å². The van der Waals surface area contributed by atoms with Crippen LogP contribution in [0.5, 0.6) is 0 Å². The molecule has 0 radical (unpaired) electrons. The molecule has 2 amide bonds. The minimum atomic E-state index is -0.482. The number of nitrogens with zero attached hydrogens (tertiary/aromatic N) is 2. The van der Waals surface area contributed by atoms with Gasteiger partial charge in [-0.25, -0.2) is 0 Å². The average molecular weight is 263 g/mol. The molecule has 5 nitrogen and oxygen atoms in total. The van der Waals surface area contributed by atoms with Gasteiger partial charge in [0.25, 0.3) is 0 Å². The van der Waals surface area contributed by atoms with E-state index in [0.717, 1.165) is 5.56 Å². The Morgan fingerprint density at radius 3 is 2.37 bits per heavy atom. The SMILES string of the molecule is CN(Cc1ccncc1)C(=O)CNC(=O)C(C)(C)C. The topological polar surface area (TPSA) is 62.3 Å². The molecule has 0 fully saturated rings. The predicted octanol–water partition coefficient (Wildman–Crippen LogP) is 1.20. The molecule has 0 saturated carbocycles. The van der Waals surface area contributed by atoms with E-state index in [9.17, 15) is 9.59 Å². The number of carbonyl (C=O) groups is 2. The molecule has 0 bridgehead atoms. The van der Waals surface area contributed by atoms with Crippen LogP contribution < -0.4 is 5.32 Å². The number of hydrogen-bond acceptors (Lipinski definition) is 3. The van der Waals surface area contributed by atoms with Gasteiger partial charge in [-0.15, -0.1) is 0 Å². The minimum absolute atomic E-state index is 0.0255. The third kappa shape index (κ3) is 5.07. The van der Waals surface area contributed by atoms with E-state index < -0.39 is 5.41 Å². The molecule has 0 aliphatic heterocycles.